The topological polar surface area (TPSA) is 54.4 Å². The molecule has 2 rings (SSSR count). The largest absolute Gasteiger partial charge is 0.487 e. The molecule has 21 heavy (non-hydrogen) atoms. The van der Waals surface area contributed by atoms with Gasteiger partial charge in [-0.3, -0.25) is 0 Å². The molecule has 2 aromatic rings. The zero-order valence-electron chi connectivity index (χ0n) is 12.0. The lowest BCUT2D eigenvalue weighted by atomic mass is 10.1. The Hall–Kier alpha value is -1.78. The minimum atomic E-state index is 0.0925. The molecular weight excluding hydrogens is 288 g/mol. The molecule has 0 amide bonds. The molecule has 0 aliphatic rings. The summed E-state index contributed by atoms with van der Waals surface area (Å²) in [6, 6.07) is 11.3. The van der Waals surface area contributed by atoms with Gasteiger partial charge in [0.15, 0.2) is 0 Å². The Balaban J connectivity index is 2.11. The van der Waals surface area contributed by atoms with Gasteiger partial charge in [-0.25, -0.2) is 4.98 Å². The molecule has 0 unspecified atom stereocenters. The second kappa shape index (κ2) is 7.86. The highest BCUT2D eigenvalue weighted by molar-refractivity contribution is 6.31. The molecule has 112 valence electrons. The average molecular weight is 307 g/mol. The maximum Gasteiger partial charge on any atom is 0.132 e. The molecule has 5 heteroatoms. The molecule has 0 aliphatic carbocycles. The number of aliphatic hydroxyl groups is 1. The number of para-hydroxylation sites is 1. The van der Waals surface area contributed by atoms with Gasteiger partial charge in [-0.1, -0.05) is 29.8 Å². The smallest absolute Gasteiger partial charge is 0.132 e. The fourth-order valence-electron chi connectivity index (χ4n) is 1.98. The fourth-order valence-corrected chi connectivity index (χ4v) is 2.14. The molecule has 0 aliphatic heterocycles. The molecule has 0 atom stereocenters. The number of nitrogens with zero attached hydrogens (tertiary/aromatic N) is 1. The second-order valence-electron chi connectivity index (χ2n) is 4.53. The number of halogens is 1. The quantitative estimate of drug-likeness (QED) is 0.824. The molecule has 0 saturated carbocycles. The molecule has 4 nitrogen and oxygen atoms in total. The minimum absolute atomic E-state index is 0.0925. The highest BCUT2D eigenvalue weighted by Gasteiger charge is 2.07. The van der Waals surface area contributed by atoms with Gasteiger partial charge in [-0.2, -0.15) is 0 Å². The maximum absolute atomic E-state index is 9.07. The van der Waals surface area contributed by atoms with Crippen LogP contribution >= 0.6 is 11.6 Å². The van der Waals surface area contributed by atoms with E-state index in [9.17, 15) is 0 Å². The van der Waals surface area contributed by atoms with Crippen molar-refractivity contribution < 1.29 is 9.84 Å². The molecule has 1 aromatic heterocycles. The molecular formula is C16H19ClN2O2. The molecule has 0 bridgehead atoms. The van der Waals surface area contributed by atoms with Gasteiger partial charge in [0.2, 0.25) is 0 Å². The van der Waals surface area contributed by atoms with Crippen molar-refractivity contribution in [2.75, 3.05) is 18.5 Å². The van der Waals surface area contributed by atoms with Crippen molar-refractivity contribution >= 4 is 17.4 Å². The van der Waals surface area contributed by atoms with E-state index in [-0.39, 0.29) is 6.61 Å². The summed E-state index contributed by atoms with van der Waals surface area (Å²) in [6.07, 6.45) is 0.564. The van der Waals surface area contributed by atoms with Crippen LogP contribution in [0.5, 0.6) is 5.75 Å². The van der Waals surface area contributed by atoms with Gasteiger partial charge in [0.1, 0.15) is 18.2 Å². The van der Waals surface area contributed by atoms with Crippen molar-refractivity contribution in [2.24, 2.45) is 0 Å². The number of anilines is 1. The van der Waals surface area contributed by atoms with E-state index in [0.29, 0.717) is 23.7 Å². The number of aromatic nitrogens is 1. The number of hydrogen-bond donors (Lipinski definition) is 2. The molecule has 0 fully saturated rings. The number of aliphatic hydroxyl groups excluding tert-OH is 1. The monoisotopic (exact) mass is 306 g/mol. The van der Waals surface area contributed by atoms with Gasteiger partial charge < -0.3 is 15.2 Å². The number of benzene rings is 1. The zero-order chi connectivity index (χ0) is 15.1. The number of ether oxygens (including phenoxy) is 1. The van der Waals surface area contributed by atoms with E-state index in [1.807, 2.05) is 43.3 Å². The number of nitrogens with one attached hydrogen (secondary N) is 1. The lowest BCUT2D eigenvalue weighted by Crippen LogP contribution is -2.05. The van der Waals surface area contributed by atoms with E-state index >= 15 is 0 Å². The number of pyridine rings is 1. The van der Waals surface area contributed by atoms with Crippen LogP contribution in [0.3, 0.4) is 0 Å². The fraction of sp³-hybridized carbons (Fsp3) is 0.312. The van der Waals surface area contributed by atoms with Gasteiger partial charge in [-0.15, -0.1) is 0 Å². The first kappa shape index (κ1) is 15.6. The Labute approximate surface area is 129 Å². The lowest BCUT2D eigenvalue weighted by Gasteiger charge is -2.12. The predicted octanol–water partition coefficient (Wildman–Crippen LogP) is 3.28. The Kier molecular flexibility index (Phi) is 5.84. The van der Waals surface area contributed by atoms with Crippen LogP contribution in [0.4, 0.5) is 5.82 Å². The van der Waals surface area contributed by atoms with Crippen LogP contribution in [0.2, 0.25) is 5.02 Å². The standard InChI is InChI=1S/C16H19ClN2O2/c1-2-18-16-8-7-13(17)14(19-16)11-21-15-6-4-3-5-12(15)9-10-20/h3-8,20H,2,9-11H2,1H3,(H,18,19). The summed E-state index contributed by atoms with van der Waals surface area (Å²) in [5.41, 5.74) is 1.66. The predicted molar refractivity (Wildman–Crippen MR) is 85.0 cm³/mol. The normalized spacial score (nSPS) is 10.4. The summed E-state index contributed by atoms with van der Waals surface area (Å²) in [6.45, 7) is 3.20. The molecule has 0 saturated heterocycles. The summed E-state index contributed by atoms with van der Waals surface area (Å²) in [7, 11) is 0. The summed E-state index contributed by atoms with van der Waals surface area (Å²) in [5, 5.41) is 12.8. The van der Waals surface area contributed by atoms with Crippen LogP contribution in [-0.2, 0) is 13.0 Å². The Morgan fingerprint density at radius 2 is 2.05 bits per heavy atom. The summed E-state index contributed by atoms with van der Waals surface area (Å²) in [4.78, 5) is 4.44. The van der Waals surface area contributed by atoms with Crippen LogP contribution in [0.15, 0.2) is 36.4 Å². The van der Waals surface area contributed by atoms with E-state index in [0.717, 1.165) is 23.7 Å². The zero-order valence-corrected chi connectivity index (χ0v) is 12.7. The van der Waals surface area contributed by atoms with Gasteiger partial charge in [0.05, 0.1) is 10.7 Å². The molecule has 0 spiro atoms. The van der Waals surface area contributed by atoms with E-state index in [4.69, 9.17) is 21.4 Å². The summed E-state index contributed by atoms with van der Waals surface area (Å²) >= 11 is 6.15. The first-order valence-electron chi connectivity index (χ1n) is 6.95. The molecule has 2 N–H and O–H groups in total. The third kappa shape index (κ3) is 4.34. The molecule has 0 radical (unpaired) electrons. The first-order chi connectivity index (χ1) is 10.2. The maximum atomic E-state index is 9.07. The van der Waals surface area contributed by atoms with Crippen LogP contribution in [0, 0.1) is 0 Å². The van der Waals surface area contributed by atoms with Crippen molar-refractivity contribution in [3.05, 3.63) is 52.7 Å². The third-order valence-electron chi connectivity index (χ3n) is 2.99. The third-order valence-corrected chi connectivity index (χ3v) is 3.34. The molecule has 1 aromatic carbocycles. The number of rotatable bonds is 7. The molecule has 1 heterocycles. The Bertz CT molecular complexity index is 590. The van der Waals surface area contributed by atoms with Crippen molar-refractivity contribution in [2.45, 2.75) is 20.0 Å². The highest BCUT2D eigenvalue weighted by atomic mass is 35.5. The van der Waals surface area contributed by atoms with Crippen LogP contribution < -0.4 is 10.1 Å². The average Bonchev–Trinajstić information content (AvgIpc) is 2.50. The number of hydrogen-bond acceptors (Lipinski definition) is 4. The van der Waals surface area contributed by atoms with Crippen LogP contribution in [-0.4, -0.2) is 23.2 Å². The Morgan fingerprint density at radius 1 is 1.24 bits per heavy atom. The summed E-state index contributed by atoms with van der Waals surface area (Å²) in [5.74, 6) is 1.53. The van der Waals surface area contributed by atoms with Gasteiger partial charge in [-0.05, 0) is 37.1 Å². The van der Waals surface area contributed by atoms with Crippen molar-refractivity contribution in [1.82, 2.24) is 4.98 Å². The highest BCUT2D eigenvalue weighted by Crippen LogP contribution is 2.22. The Morgan fingerprint density at radius 3 is 2.81 bits per heavy atom. The van der Waals surface area contributed by atoms with Crippen LogP contribution in [0.1, 0.15) is 18.2 Å². The minimum Gasteiger partial charge on any atom is -0.487 e. The van der Waals surface area contributed by atoms with Crippen molar-refractivity contribution in [1.29, 1.82) is 0 Å². The van der Waals surface area contributed by atoms with Crippen molar-refractivity contribution in [3.63, 3.8) is 0 Å². The lowest BCUT2D eigenvalue weighted by molar-refractivity contribution is 0.282. The van der Waals surface area contributed by atoms with Gasteiger partial charge in [0, 0.05) is 13.2 Å². The van der Waals surface area contributed by atoms with Gasteiger partial charge >= 0.3 is 0 Å². The van der Waals surface area contributed by atoms with E-state index < -0.39 is 0 Å². The van der Waals surface area contributed by atoms with E-state index in [1.54, 1.807) is 0 Å². The first-order valence-corrected chi connectivity index (χ1v) is 7.33. The second-order valence-corrected chi connectivity index (χ2v) is 4.93. The van der Waals surface area contributed by atoms with E-state index in [1.165, 1.54) is 0 Å². The van der Waals surface area contributed by atoms with Crippen LogP contribution in [0.25, 0.3) is 0 Å². The van der Waals surface area contributed by atoms with E-state index in [2.05, 4.69) is 10.3 Å². The summed E-state index contributed by atoms with van der Waals surface area (Å²) < 4.78 is 5.80. The van der Waals surface area contributed by atoms with Crippen molar-refractivity contribution in [3.8, 4) is 5.75 Å². The SMILES string of the molecule is CCNc1ccc(Cl)c(COc2ccccc2CCO)n1. The van der Waals surface area contributed by atoms with Gasteiger partial charge in [0.25, 0.3) is 0 Å².